The summed E-state index contributed by atoms with van der Waals surface area (Å²) in [6.45, 7) is 4.24. The summed E-state index contributed by atoms with van der Waals surface area (Å²) in [6, 6.07) is 0. The highest BCUT2D eigenvalue weighted by molar-refractivity contribution is 4.83. The van der Waals surface area contributed by atoms with Crippen molar-refractivity contribution in [2.24, 2.45) is 0 Å². The summed E-state index contributed by atoms with van der Waals surface area (Å²) >= 11 is 0. The number of hydrogen-bond donors (Lipinski definition) is 1. The van der Waals surface area contributed by atoms with E-state index in [1.807, 2.05) is 6.92 Å². The molecule has 1 nitrogen and oxygen atoms in total. The van der Waals surface area contributed by atoms with Crippen LogP contribution in [0.5, 0.6) is 0 Å². The monoisotopic (exact) mass is 184 g/mol. The van der Waals surface area contributed by atoms with E-state index in [1.54, 1.807) is 0 Å². The number of hydrogen-bond acceptors (Lipinski definition) is 1. The molecule has 78 valence electrons. The number of aliphatic hydroxyl groups excluding tert-OH is 1. The minimum Gasteiger partial charge on any atom is -0.393 e. The number of unbranched alkanes of at least 4 members (excludes halogenated alkanes) is 4. The lowest BCUT2D eigenvalue weighted by Crippen LogP contribution is -2.00. The SMILES string of the molecule is CCCCCCC=CCC(O)CC. The predicted octanol–water partition coefficient (Wildman–Crippen LogP) is 3.67. The van der Waals surface area contributed by atoms with Gasteiger partial charge < -0.3 is 5.11 Å². The summed E-state index contributed by atoms with van der Waals surface area (Å²) in [7, 11) is 0. The molecule has 0 bridgehead atoms. The minimum absolute atomic E-state index is 0.133. The van der Waals surface area contributed by atoms with Crippen molar-refractivity contribution in [2.75, 3.05) is 0 Å². The summed E-state index contributed by atoms with van der Waals surface area (Å²) in [4.78, 5) is 0. The molecule has 0 aromatic heterocycles. The quantitative estimate of drug-likeness (QED) is 0.451. The number of rotatable bonds is 8. The topological polar surface area (TPSA) is 20.2 Å². The fourth-order valence-electron chi connectivity index (χ4n) is 1.23. The molecule has 13 heavy (non-hydrogen) atoms. The lowest BCUT2D eigenvalue weighted by atomic mass is 10.1. The maximum Gasteiger partial charge on any atom is 0.0572 e. The largest absolute Gasteiger partial charge is 0.393 e. The van der Waals surface area contributed by atoms with Gasteiger partial charge in [0, 0.05) is 0 Å². The zero-order chi connectivity index (χ0) is 9.94. The fourth-order valence-corrected chi connectivity index (χ4v) is 1.23. The molecule has 1 heteroatoms. The Kier molecular flexibility index (Phi) is 9.56. The molecule has 0 fully saturated rings. The molecule has 0 heterocycles. The molecule has 0 aromatic rings. The van der Waals surface area contributed by atoms with Crippen molar-refractivity contribution < 1.29 is 5.11 Å². The zero-order valence-electron chi connectivity index (χ0n) is 9.13. The van der Waals surface area contributed by atoms with Gasteiger partial charge in [-0.25, -0.2) is 0 Å². The Bertz CT molecular complexity index is 118. The van der Waals surface area contributed by atoms with Gasteiger partial charge in [-0.3, -0.25) is 0 Å². The first-order valence-electron chi connectivity index (χ1n) is 5.64. The lowest BCUT2D eigenvalue weighted by molar-refractivity contribution is 0.173. The van der Waals surface area contributed by atoms with Crippen molar-refractivity contribution in [1.29, 1.82) is 0 Å². The maximum absolute atomic E-state index is 9.25. The highest BCUT2D eigenvalue weighted by atomic mass is 16.3. The van der Waals surface area contributed by atoms with Gasteiger partial charge in [0.25, 0.3) is 0 Å². The first-order chi connectivity index (χ1) is 6.31. The van der Waals surface area contributed by atoms with Crippen LogP contribution in [0, 0.1) is 0 Å². The van der Waals surface area contributed by atoms with Crippen LogP contribution in [0.4, 0.5) is 0 Å². The average molecular weight is 184 g/mol. The van der Waals surface area contributed by atoms with Crippen LogP contribution in [0.25, 0.3) is 0 Å². The summed E-state index contributed by atoms with van der Waals surface area (Å²) in [5, 5.41) is 9.25. The van der Waals surface area contributed by atoms with Crippen molar-refractivity contribution in [3.8, 4) is 0 Å². The third-order valence-electron chi connectivity index (χ3n) is 2.27. The van der Waals surface area contributed by atoms with Crippen LogP contribution < -0.4 is 0 Å². The maximum atomic E-state index is 9.25. The van der Waals surface area contributed by atoms with Crippen molar-refractivity contribution in [3.63, 3.8) is 0 Å². The molecule has 0 saturated carbocycles. The molecule has 0 aromatic carbocycles. The van der Waals surface area contributed by atoms with Gasteiger partial charge >= 0.3 is 0 Å². The van der Waals surface area contributed by atoms with E-state index in [4.69, 9.17) is 0 Å². The molecule has 0 spiro atoms. The molecule has 0 saturated heterocycles. The van der Waals surface area contributed by atoms with Crippen LogP contribution in [0.15, 0.2) is 12.2 Å². The van der Waals surface area contributed by atoms with Gasteiger partial charge in [0.15, 0.2) is 0 Å². The second kappa shape index (κ2) is 9.79. The van der Waals surface area contributed by atoms with Gasteiger partial charge in [-0.15, -0.1) is 0 Å². The smallest absolute Gasteiger partial charge is 0.0572 e. The van der Waals surface area contributed by atoms with Crippen LogP contribution in [0.3, 0.4) is 0 Å². The molecule has 0 aliphatic rings. The highest BCUT2D eigenvalue weighted by Gasteiger charge is 1.94. The Morgan fingerprint density at radius 3 is 2.46 bits per heavy atom. The lowest BCUT2D eigenvalue weighted by Gasteiger charge is -2.01. The third-order valence-corrected chi connectivity index (χ3v) is 2.27. The summed E-state index contributed by atoms with van der Waals surface area (Å²) in [5.74, 6) is 0. The van der Waals surface area contributed by atoms with Crippen LogP contribution >= 0.6 is 0 Å². The van der Waals surface area contributed by atoms with E-state index in [0.29, 0.717) is 0 Å². The van der Waals surface area contributed by atoms with Crippen molar-refractivity contribution in [3.05, 3.63) is 12.2 Å². The fraction of sp³-hybridized carbons (Fsp3) is 0.833. The third kappa shape index (κ3) is 9.62. The predicted molar refractivity (Wildman–Crippen MR) is 58.8 cm³/mol. The van der Waals surface area contributed by atoms with Crippen LogP contribution in [-0.4, -0.2) is 11.2 Å². The van der Waals surface area contributed by atoms with Gasteiger partial charge in [0.2, 0.25) is 0 Å². The standard InChI is InChI=1S/C12H24O/c1-3-5-6-7-8-9-10-11-12(13)4-2/h9-10,12-13H,3-8,11H2,1-2H3. The van der Waals surface area contributed by atoms with Gasteiger partial charge in [0.1, 0.15) is 0 Å². The molecular formula is C12H24O. The van der Waals surface area contributed by atoms with E-state index in [1.165, 1.54) is 32.1 Å². The molecular weight excluding hydrogens is 160 g/mol. The molecule has 0 rings (SSSR count). The molecule has 0 radical (unpaired) electrons. The highest BCUT2D eigenvalue weighted by Crippen LogP contribution is 2.04. The Hall–Kier alpha value is -0.300. The van der Waals surface area contributed by atoms with Crippen molar-refractivity contribution in [2.45, 2.75) is 64.9 Å². The molecule has 1 N–H and O–H groups in total. The van der Waals surface area contributed by atoms with Crippen molar-refractivity contribution >= 4 is 0 Å². The van der Waals surface area contributed by atoms with Crippen LogP contribution in [0.1, 0.15) is 58.8 Å². The summed E-state index contributed by atoms with van der Waals surface area (Å²) in [6.07, 6.45) is 12.3. The zero-order valence-corrected chi connectivity index (χ0v) is 9.13. The molecule has 1 unspecified atom stereocenters. The van der Waals surface area contributed by atoms with Gasteiger partial charge in [-0.1, -0.05) is 45.3 Å². The first-order valence-corrected chi connectivity index (χ1v) is 5.64. The number of allylic oxidation sites excluding steroid dienone is 1. The van der Waals surface area contributed by atoms with E-state index in [9.17, 15) is 5.11 Å². The molecule has 0 aliphatic carbocycles. The van der Waals surface area contributed by atoms with E-state index < -0.39 is 0 Å². The average Bonchev–Trinajstić information content (AvgIpc) is 2.16. The normalized spacial score (nSPS) is 13.8. The second-order valence-electron chi connectivity index (χ2n) is 3.62. The van der Waals surface area contributed by atoms with E-state index in [-0.39, 0.29) is 6.10 Å². The van der Waals surface area contributed by atoms with E-state index >= 15 is 0 Å². The summed E-state index contributed by atoms with van der Waals surface area (Å²) < 4.78 is 0. The Morgan fingerprint density at radius 1 is 1.08 bits per heavy atom. The van der Waals surface area contributed by atoms with Gasteiger partial charge in [-0.05, 0) is 25.7 Å². The molecule has 0 aliphatic heterocycles. The Balaban J connectivity index is 3.12. The Morgan fingerprint density at radius 2 is 1.85 bits per heavy atom. The molecule has 0 amide bonds. The number of aliphatic hydroxyl groups is 1. The van der Waals surface area contributed by atoms with Gasteiger partial charge in [-0.2, -0.15) is 0 Å². The molecule has 1 atom stereocenters. The second-order valence-corrected chi connectivity index (χ2v) is 3.62. The van der Waals surface area contributed by atoms with Crippen LogP contribution in [-0.2, 0) is 0 Å². The Labute approximate surface area is 82.9 Å². The summed E-state index contributed by atoms with van der Waals surface area (Å²) in [5.41, 5.74) is 0. The van der Waals surface area contributed by atoms with Crippen LogP contribution in [0.2, 0.25) is 0 Å². The van der Waals surface area contributed by atoms with E-state index in [0.717, 1.165) is 12.8 Å². The minimum atomic E-state index is -0.133. The van der Waals surface area contributed by atoms with Crippen molar-refractivity contribution in [1.82, 2.24) is 0 Å². The van der Waals surface area contributed by atoms with E-state index in [2.05, 4.69) is 19.1 Å². The first kappa shape index (κ1) is 12.7. The van der Waals surface area contributed by atoms with Gasteiger partial charge in [0.05, 0.1) is 6.10 Å².